The van der Waals surface area contributed by atoms with E-state index in [-0.39, 0.29) is 18.0 Å². The first-order valence-electron chi connectivity index (χ1n) is 14.1. The fourth-order valence-corrected chi connectivity index (χ4v) is 6.14. The number of carbonyl (C=O) groups excluding carboxylic acids is 1. The van der Waals surface area contributed by atoms with E-state index in [0.717, 1.165) is 50.9 Å². The van der Waals surface area contributed by atoms with E-state index >= 15 is 0 Å². The SMILES string of the molecule is CC=CCCC1CCC(OC(=O)C2CCC(c3ccc(C[C@H](C)c4ccccc4)cc3)CC2)CC1. The van der Waals surface area contributed by atoms with E-state index in [4.69, 9.17) is 4.74 Å². The molecule has 2 saturated carbocycles. The average molecular weight is 473 g/mol. The molecule has 2 aliphatic rings. The van der Waals surface area contributed by atoms with Crippen molar-refractivity contribution in [2.45, 2.75) is 102 Å². The molecule has 0 saturated heterocycles. The van der Waals surface area contributed by atoms with Crippen molar-refractivity contribution in [1.82, 2.24) is 0 Å². The van der Waals surface area contributed by atoms with E-state index in [9.17, 15) is 4.79 Å². The highest BCUT2D eigenvalue weighted by atomic mass is 16.5. The van der Waals surface area contributed by atoms with Gasteiger partial charge in [0, 0.05) is 0 Å². The Morgan fingerprint density at radius 1 is 0.914 bits per heavy atom. The third-order valence-corrected chi connectivity index (χ3v) is 8.48. The zero-order valence-corrected chi connectivity index (χ0v) is 21.8. The lowest BCUT2D eigenvalue weighted by Gasteiger charge is -2.31. The van der Waals surface area contributed by atoms with Gasteiger partial charge in [0.25, 0.3) is 0 Å². The van der Waals surface area contributed by atoms with Gasteiger partial charge in [-0.15, -0.1) is 0 Å². The van der Waals surface area contributed by atoms with Gasteiger partial charge in [-0.2, -0.15) is 0 Å². The Kier molecular flexibility index (Phi) is 9.63. The van der Waals surface area contributed by atoms with Crippen LogP contribution < -0.4 is 0 Å². The smallest absolute Gasteiger partial charge is 0.309 e. The Morgan fingerprint density at radius 2 is 1.60 bits per heavy atom. The van der Waals surface area contributed by atoms with Crippen molar-refractivity contribution in [3.05, 3.63) is 83.4 Å². The molecule has 1 atom stereocenters. The summed E-state index contributed by atoms with van der Waals surface area (Å²) in [5.41, 5.74) is 4.24. The normalized spacial score (nSPS) is 25.9. The van der Waals surface area contributed by atoms with Gasteiger partial charge >= 0.3 is 5.97 Å². The van der Waals surface area contributed by atoms with Crippen LogP contribution in [0.3, 0.4) is 0 Å². The summed E-state index contributed by atoms with van der Waals surface area (Å²) >= 11 is 0. The molecule has 2 aromatic carbocycles. The summed E-state index contributed by atoms with van der Waals surface area (Å²) < 4.78 is 5.98. The van der Waals surface area contributed by atoms with Gasteiger partial charge in [-0.25, -0.2) is 0 Å². The zero-order valence-electron chi connectivity index (χ0n) is 21.8. The topological polar surface area (TPSA) is 26.3 Å². The molecule has 0 amide bonds. The minimum Gasteiger partial charge on any atom is -0.462 e. The van der Waals surface area contributed by atoms with Crippen LogP contribution >= 0.6 is 0 Å². The van der Waals surface area contributed by atoms with Crippen LogP contribution in [0.5, 0.6) is 0 Å². The standard InChI is InChI=1S/C33H44O2/c1-3-4-6-9-26-14-22-32(23-15-26)35-33(34)31-20-18-30(19-21-31)29-16-12-27(13-17-29)24-25(2)28-10-7-5-8-11-28/h3-5,7-8,10-13,16-17,25-26,30-32H,6,9,14-15,18-24H2,1-2H3/t25-,26?,30?,31?,32?/m0/s1. The minimum absolute atomic E-state index is 0.0751. The Labute approximate surface area is 213 Å². The lowest BCUT2D eigenvalue weighted by Crippen LogP contribution is -2.29. The summed E-state index contributed by atoms with van der Waals surface area (Å²) in [7, 11) is 0. The Balaban J connectivity index is 1.18. The monoisotopic (exact) mass is 472 g/mol. The highest BCUT2D eigenvalue weighted by Gasteiger charge is 2.31. The number of carbonyl (C=O) groups is 1. The van der Waals surface area contributed by atoms with Crippen molar-refractivity contribution in [3.8, 4) is 0 Å². The third kappa shape index (κ3) is 7.56. The maximum Gasteiger partial charge on any atom is 0.309 e. The van der Waals surface area contributed by atoms with Crippen LogP contribution in [-0.2, 0) is 16.0 Å². The van der Waals surface area contributed by atoms with Gasteiger partial charge in [-0.1, -0.05) is 73.7 Å². The minimum atomic E-state index is 0.0751. The quantitative estimate of drug-likeness (QED) is 0.269. The Hall–Kier alpha value is -2.35. The van der Waals surface area contributed by atoms with Gasteiger partial charge in [0.2, 0.25) is 0 Å². The number of esters is 1. The lowest BCUT2D eigenvalue weighted by molar-refractivity contribution is -0.157. The number of hydrogen-bond acceptors (Lipinski definition) is 2. The third-order valence-electron chi connectivity index (χ3n) is 8.48. The van der Waals surface area contributed by atoms with Gasteiger partial charge in [0.15, 0.2) is 0 Å². The molecule has 188 valence electrons. The van der Waals surface area contributed by atoms with Crippen molar-refractivity contribution in [1.29, 1.82) is 0 Å². The summed E-state index contributed by atoms with van der Waals surface area (Å²) in [4.78, 5) is 12.8. The zero-order chi connectivity index (χ0) is 24.5. The first-order valence-corrected chi connectivity index (χ1v) is 14.1. The molecule has 0 aliphatic heterocycles. The highest BCUT2D eigenvalue weighted by molar-refractivity contribution is 5.72. The number of ether oxygens (including phenoxy) is 1. The van der Waals surface area contributed by atoms with Gasteiger partial charge in [-0.05, 0) is 112 Å². The van der Waals surface area contributed by atoms with Crippen LogP contribution in [0.1, 0.15) is 107 Å². The molecule has 0 aromatic heterocycles. The van der Waals surface area contributed by atoms with E-state index in [2.05, 4.69) is 80.6 Å². The number of benzene rings is 2. The molecule has 0 radical (unpaired) electrons. The van der Waals surface area contributed by atoms with Crippen molar-refractivity contribution >= 4 is 5.97 Å². The van der Waals surface area contributed by atoms with Crippen LogP contribution in [0.4, 0.5) is 0 Å². The summed E-state index contributed by atoms with van der Waals surface area (Å²) in [6.07, 6.45) is 16.8. The largest absolute Gasteiger partial charge is 0.462 e. The molecule has 0 unspecified atom stereocenters. The number of rotatable bonds is 9. The van der Waals surface area contributed by atoms with E-state index in [0.29, 0.717) is 11.8 Å². The highest BCUT2D eigenvalue weighted by Crippen LogP contribution is 2.37. The van der Waals surface area contributed by atoms with Crippen molar-refractivity contribution in [2.24, 2.45) is 11.8 Å². The van der Waals surface area contributed by atoms with Gasteiger partial charge in [0.05, 0.1) is 5.92 Å². The second-order valence-corrected chi connectivity index (χ2v) is 11.0. The molecule has 2 heteroatoms. The number of hydrogen-bond donors (Lipinski definition) is 0. The average Bonchev–Trinajstić information content (AvgIpc) is 2.91. The van der Waals surface area contributed by atoms with Crippen LogP contribution in [-0.4, -0.2) is 12.1 Å². The second kappa shape index (κ2) is 13.1. The molecule has 0 spiro atoms. The molecular formula is C33H44O2. The summed E-state index contributed by atoms with van der Waals surface area (Å²) in [6, 6.07) is 20.0. The van der Waals surface area contributed by atoms with Crippen LogP contribution in [0.15, 0.2) is 66.7 Å². The fourth-order valence-electron chi connectivity index (χ4n) is 6.14. The molecule has 2 fully saturated rings. The van der Waals surface area contributed by atoms with Crippen LogP contribution in [0, 0.1) is 11.8 Å². The predicted molar refractivity (Wildman–Crippen MR) is 146 cm³/mol. The van der Waals surface area contributed by atoms with Gasteiger partial charge in [-0.3, -0.25) is 4.79 Å². The summed E-state index contributed by atoms with van der Waals surface area (Å²) in [6.45, 7) is 4.40. The lowest BCUT2D eigenvalue weighted by atomic mass is 9.78. The molecule has 4 rings (SSSR count). The van der Waals surface area contributed by atoms with Crippen molar-refractivity contribution in [3.63, 3.8) is 0 Å². The van der Waals surface area contributed by atoms with Crippen molar-refractivity contribution in [2.75, 3.05) is 0 Å². The van der Waals surface area contributed by atoms with Gasteiger partial charge in [0.1, 0.15) is 6.10 Å². The Bertz CT molecular complexity index is 913. The maximum absolute atomic E-state index is 12.8. The summed E-state index contributed by atoms with van der Waals surface area (Å²) in [5, 5.41) is 0. The molecule has 35 heavy (non-hydrogen) atoms. The fraction of sp³-hybridized carbons (Fsp3) is 0.545. The summed E-state index contributed by atoms with van der Waals surface area (Å²) in [5.74, 6) is 2.09. The van der Waals surface area contributed by atoms with E-state index in [1.165, 1.54) is 42.4 Å². The van der Waals surface area contributed by atoms with Gasteiger partial charge < -0.3 is 4.74 Å². The molecule has 2 aromatic rings. The first-order chi connectivity index (χ1) is 17.1. The predicted octanol–water partition coefficient (Wildman–Crippen LogP) is 8.76. The number of allylic oxidation sites excluding steroid dienone is 2. The van der Waals surface area contributed by atoms with E-state index in [1.807, 2.05) is 0 Å². The van der Waals surface area contributed by atoms with Crippen LogP contribution in [0.25, 0.3) is 0 Å². The molecule has 0 N–H and O–H groups in total. The molecule has 2 aliphatic carbocycles. The molecule has 0 bridgehead atoms. The molecule has 2 nitrogen and oxygen atoms in total. The van der Waals surface area contributed by atoms with Crippen molar-refractivity contribution < 1.29 is 9.53 Å². The van der Waals surface area contributed by atoms with Crippen LogP contribution in [0.2, 0.25) is 0 Å². The molecular weight excluding hydrogens is 428 g/mol. The van der Waals surface area contributed by atoms with E-state index < -0.39 is 0 Å². The Morgan fingerprint density at radius 3 is 2.26 bits per heavy atom. The maximum atomic E-state index is 12.8. The first kappa shape index (κ1) is 25.7. The van der Waals surface area contributed by atoms with E-state index in [1.54, 1.807) is 0 Å². The second-order valence-electron chi connectivity index (χ2n) is 11.0. The molecule has 0 heterocycles.